The molecule has 102 valence electrons. The van der Waals surface area contributed by atoms with Gasteiger partial charge in [0.15, 0.2) is 0 Å². The van der Waals surface area contributed by atoms with Crippen LogP contribution in [0.4, 0.5) is 4.39 Å². The summed E-state index contributed by atoms with van der Waals surface area (Å²) in [5, 5.41) is 0.906. The van der Waals surface area contributed by atoms with Gasteiger partial charge in [0.25, 0.3) is 0 Å². The van der Waals surface area contributed by atoms with E-state index in [4.69, 9.17) is 4.74 Å². The average molecular weight is 270 g/mol. The smallest absolute Gasteiger partial charge is 0.137 e. The summed E-state index contributed by atoms with van der Waals surface area (Å²) in [6.45, 7) is 3.83. The number of pyridine rings is 1. The third-order valence-electron chi connectivity index (χ3n) is 3.06. The SMILES string of the molecule is CC(C)Oc1ccc(-c2ccnc3[nH]ccc23)c(F)c1. The van der Waals surface area contributed by atoms with Crippen LogP contribution in [0.2, 0.25) is 0 Å². The third kappa shape index (κ3) is 2.25. The predicted octanol–water partition coefficient (Wildman–Crippen LogP) is 4.16. The summed E-state index contributed by atoms with van der Waals surface area (Å²) in [5.41, 5.74) is 2.13. The molecule has 4 heteroatoms. The number of aromatic amines is 1. The van der Waals surface area contributed by atoms with E-state index < -0.39 is 0 Å². The van der Waals surface area contributed by atoms with Crippen molar-refractivity contribution in [2.45, 2.75) is 20.0 Å². The van der Waals surface area contributed by atoms with Crippen LogP contribution in [-0.4, -0.2) is 16.1 Å². The lowest BCUT2D eigenvalue weighted by Crippen LogP contribution is -2.05. The zero-order valence-corrected chi connectivity index (χ0v) is 11.4. The largest absolute Gasteiger partial charge is 0.491 e. The Morgan fingerprint density at radius 2 is 2.00 bits per heavy atom. The quantitative estimate of drug-likeness (QED) is 0.776. The topological polar surface area (TPSA) is 37.9 Å². The van der Waals surface area contributed by atoms with Gasteiger partial charge >= 0.3 is 0 Å². The molecular weight excluding hydrogens is 255 g/mol. The highest BCUT2D eigenvalue weighted by Gasteiger charge is 2.11. The van der Waals surface area contributed by atoms with Gasteiger partial charge in [-0.3, -0.25) is 0 Å². The van der Waals surface area contributed by atoms with Crippen molar-refractivity contribution in [2.75, 3.05) is 0 Å². The number of halogens is 1. The third-order valence-corrected chi connectivity index (χ3v) is 3.06. The Kier molecular flexibility index (Phi) is 3.14. The second-order valence-corrected chi connectivity index (χ2v) is 4.91. The Balaban J connectivity index is 2.08. The lowest BCUT2D eigenvalue weighted by molar-refractivity contribution is 0.241. The molecule has 1 N–H and O–H groups in total. The number of nitrogens with zero attached hydrogens (tertiary/aromatic N) is 1. The fourth-order valence-electron chi connectivity index (χ4n) is 2.26. The van der Waals surface area contributed by atoms with E-state index in [2.05, 4.69) is 9.97 Å². The van der Waals surface area contributed by atoms with Gasteiger partial charge in [-0.05, 0) is 43.7 Å². The maximum atomic E-state index is 14.3. The molecule has 0 bridgehead atoms. The zero-order valence-electron chi connectivity index (χ0n) is 11.4. The summed E-state index contributed by atoms with van der Waals surface area (Å²) >= 11 is 0. The van der Waals surface area contributed by atoms with Gasteiger partial charge in [-0.15, -0.1) is 0 Å². The summed E-state index contributed by atoms with van der Waals surface area (Å²) in [5.74, 6) is 0.248. The fraction of sp³-hybridized carbons (Fsp3) is 0.188. The lowest BCUT2D eigenvalue weighted by atomic mass is 10.0. The van der Waals surface area contributed by atoms with Crippen molar-refractivity contribution >= 4 is 11.0 Å². The van der Waals surface area contributed by atoms with Crippen LogP contribution >= 0.6 is 0 Å². The molecule has 0 amide bonds. The second kappa shape index (κ2) is 4.96. The molecule has 3 nitrogen and oxygen atoms in total. The minimum Gasteiger partial charge on any atom is -0.491 e. The van der Waals surface area contributed by atoms with Gasteiger partial charge in [0, 0.05) is 29.4 Å². The Morgan fingerprint density at radius 1 is 1.15 bits per heavy atom. The summed E-state index contributed by atoms with van der Waals surface area (Å²) in [6, 6.07) is 8.67. The highest BCUT2D eigenvalue weighted by molar-refractivity contribution is 5.93. The number of H-pyrrole nitrogens is 1. The molecule has 0 aliphatic carbocycles. The molecule has 0 spiro atoms. The maximum Gasteiger partial charge on any atom is 0.137 e. The normalized spacial score (nSPS) is 11.2. The minimum atomic E-state index is -0.295. The van der Waals surface area contributed by atoms with Crippen LogP contribution in [0.1, 0.15) is 13.8 Å². The van der Waals surface area contributed by atoms with Crippen LogP contribution in [0.15, 0.2) is 42.7 Å². The second-order valence-electron chi connectivity index (χ2n) is 4.91. The first kappa shape index (κ1) is 12.7. The Bertz CT molecular complexity index is 749. The van der Waals surface area contributed by atoms with Crippen LogP contribution in [0.25, 0.3) is 22.2 Å². The molecule has 0 saturated heterocycles. The number of rotatable bonds is 3. The van der Waals surface area contributed by atoms with Crippen LogP contribution in [-0.2, 0) is 0 Å². The standard InChI is InChI=1S/C16H15FN2O/c1-10(2)20-11-3-4-13(15(17)9-11)12-5-7-18-16-14(12)6-8-19-16/h3-10H,1-2H3,(H,18,19). The predicted molar refractivity (Wildman–Crippen MR) is 77.3 cm³/mol. The Hall–Kier alpha value is -2.36. The molecule has 2 heterocycles. The van der Waals surface area contributed by atoms with E-state index in [0.29, 0.717) is 11.3 Å². The van der Waals surface area contributed by atoms with Crippen molar-refractivity contribution in [1.29, 1.82) is 0 Å². The Labute approximate surface area is 116 Å². The van der Waals surface area contributed by atoms with Gasteiger partial charge in [0.05, 0.1) is 6.10 Å². The fourth-order valence-corrected chi connectivity index (χ4v) is 2.26. The first-order valence-corrected chi connectivity index (χ1v) is 6.54. The average Bonchev–Trinajstić information content (AvgIpc) is 2.86. The summed E-state index contributed by atoms with van der Waals surface area (Å²) in [7, 11) is 0. The number of hydrogen-bond donors (Lipinski definition) is 1. The van der Waals surface area contributed by atoms with Gasteiger partial charge in [-0.2, -0.15) is 0 Å². The first-order chi connectivity index (χ1) is 9.65. The summed E-state index contributed by atoms with van der Waals surface area (Å²) < 4.78 is 19.8. The minimum absolute atomic E-state index is 0.0255. The van der Waals surface area contributed by atoms with Crippen molar-refractivity contribution in [3.63, 3.8) is 0 Å². The Morgan fingerprint density at radius 3 is 2.75 bits per heavy atom. The van der Waals surface area contributed by atoms with Gasteiger partial charge in [0.1, 0.15) is 17.2 Å². The zero-order chi connectivity index (χ0) is 14.1. The maximum absolute atomic E-state index is 14.3. The number of ether oxygens (including phenoxy) is 1. The van der Waals surface area contributed by atoms with Crippen LogP contribution in [0.5, 0.6) is 5.75 Å². The van der Waals surface area contributed by atoms with Crippen LogP contribution in [0.3, 0.4) is 0 Å². The summed E-state index contributed by atoms with van der Waals surface area (Å²) in [6.07, 6.45) is 3.50. The molecule has 0 radical (unpaired) electrons. The van der Waals surface area contributed by atoms with Crippen LogP contribution in [0, 0.1) is 5.82 Å². The van der Waals surface area contributed by atoms with Crippen molar-refractivity contribution < 1.29 is 9.13 Å². The molecule has 0 aliphatic rings. The van der Waals surface area contributed by atoms with Crippen molar-refractivity contribution in [2.24, 2.45) is 0 Å². The van der Waals surface area contributed by atoms with Gasteiger partial charge in [-0.25, -0.2) is 9.37 Å². The van der Waals surface area contributed by atoms with Crippen molar-refractivity contribution in [1.82, 2.24) is 9.97 Å². The van der Waals surface area contributed by atoms with E-state index in [9.17, 15) is 4.39 Å². The molecule has 0 fully saturated rings. The molecule has 3 rings (SSSR count). The van der Waals surface area contributed by atoms with Crippen LogP contribution < -0.4 is 4.74 Å². The molecular formula is C16H15FN2O. The van der Waals surface area contributed by atoms with Gasteiger partial charge < -0.3 is 9.72 Å². The highest BCUT2D eigenvalue weighted by atomic mass is 19.1. The molecule has 1 aromatic carbocycles. The molecule has 0 unspecified atom stereocenters. The molecule has 0 saturated carbocycles. The van der Waals surface area contributed by atoms with Gasteiger partial charge in [0.2, 0.25) is 0 Å². The highest BCUT2D eigenvalue weighted by Crippen LogP contribution is 2.31. The van der Waals surface area contributed by atoms with E-state index in [-0.39, 0.29) is 11.9 Å². The van der Waals surface area contributed by atoms with Crippen molar-refractivity contribution in [3.8, 4) is 16.9 Å². The molecule has 2 aromatic heterocycles. The monoisotopic (exact) mass is 270 g/mol. The van der Waals surface area contributed by atoms with Crippen molar-refractivity contribution in [3.05, 3.63) is 48.5 Å². The van der Waals surface area contributed by atoms with E-state index in [1.54, 1.807) is 24.5 Å². The lowest BCUT2D eigenvalue weighted by Gasteiger charge is -2.11. The van der Waals surface area contributed by atoms with E-state index in [1.165, 1.54) is 6.07 Å². The molecule has 0 atom stereocenters. The number of aromatic nitrogens is 2. The number of nitrogens with one attached hydrogen (secondary N) is 1. The molecule has 0 aliphatic heterocycles. The molecule has 3 aromatic rings. The molecule has 20 heavy (non-hydrogen) atoms. The number of fused-ring (bicyclic) bond motifs is 1. The number of hydrogen-bond acceptors (Lipinski definition) is 2. The summed E-state index contributed by atoms with van der Waals surface area (Å²) in [4.78, 5) is 7.24. The van der Waals surface area contributed by atoms with Gasteiger partial charge in [-0.1, -0.05) is 0 Å². The van der Waals surface area contributed by atoms with E-state index in [1.807, 2.05) is 26.0 Å². The van der Waals surface area contributed by atoms with E-state index in [0.717, 1.165) is 16.6 Å². The first-order valence-electron chi connectivity index (χ1n) is 6.54. The van der Waals surface area contributed by atoms with E-state index >= 15 is 0 Å². The number of benzene rings is 1.